The topological polar surface area (TPSA) is 104 Å². The lowest BCUT2D eigenvalue weighted by Gasteiger charge is -2.19. The first-order chi connectivity index (χ1) is 12.7. The van der Waals surface area contributed by atoms with Gasteiger partial charge in [0.15, 0.2) is 0 Å². The van der Waals surface area contributed by atoms with Gasteiger partial charge in [0.25, 0.3) is 5.91 Å². The zero-order valence-corrected chi connectivity index (χ0v) is 15.9. The van der Waals surface area contributed by atoms with E-state index in [1.165, 1.54) is 43.1 Å². The van der Waals surface area contributed by atoms with Crippen LogP contribution in [0.25, 0.3) is 0 Å². The molecule has 0 saturated heterocycles. The van der Waals surface area contributed by atoms with Crippen molar-refractivity contribution in [2.75, 3.05) is 13.6 Å². The van der Waals surface area contributed by atoms with Crippen LogP contribution in [0.1, 0.15) is 22.8 Å². The number of amides is 1. The molecule has 0 aliphatic heterocycles. The van der Waals surface area contributed by atoms with E-state index in [2.05, 4.69) is 4.72 Å². The summed E-state index contributed by atoms with van der Waals surface area (Å²) in [6.07, 6.45) is 0. The maximum atomic E-state index is 12.5. The zero-order chi connectivity index (χ0) is 20.0. The lowest BCUT2D eigenvalue weighted by molar-refractivity contribution is -0.141. The third kappa shape index (κ3) is 5.63. The number of nitrogens with one attached hydrogen (secondary N) is 1. The number of benzene rings is 2. The van der Waals surface area contributed by atoms with Crippen LogP contribution < -0.4 is 4.72 Å². The monoisotopic (exact) mass is 390 g/mol. The molecule has 1 amide bonds. The van der Waals surface area contributed by atoms with Crippen LogP contribution in [0.3, 0.4) is 0 Å². The van der Waals surface area contributed by atoms with Gasteiger partial charge in [0.1, 0.15) is 0 Å². The third-order valence-corrected chi connectivity index (χ3v) is 5.42. The molecule has 2 aromatic carbocycles. The van der Waals surface area contributed by atoms with E-state index in [-0.39, 0.29) is 23.5 Å². The van der Waals surface area contributed by atoms with Crippen LogP contribution in [0.4, 0.5) is 0 Å². The van der Waals surface area contributed by atoms with Gasteiger partial charge in [0, 0.05) is 25.7 Å². The zero-order valence-electron chi connectivity index (χ0n) is 15.1. The van der Waals surface area contributed by atoms with Crippen molar-refractivity contribution in [2.24, 2.45) is 5.92 Å². The number of nitrogens with zero attached hydrogens (tertiary/aromatic N) is 1. The van der Waals surface area contributed by atoms with Crippen LogP contribution >= 0.6 is 0 Å². The molecule has 0 fully saturated rings. The van der Waals surface area contributed by atoms with E-state index >= 15 is 0 Å². The van der Waals surface area contributed by atoms with Gasteiger partial charge >= 0.3 is 5.97 Å². The fourth-order valence-electron chi connectivity index (χ4n) is 2.45. The summed E-state index contributed by atoms with van der Waals surface area (Å²) in [4.78, 5) is 24.7. The number of carboxylic acids is 1. The molecule has 1 unspecified atom stereocenters. The van der Waals surface area contributed by atoms with Crippen LogP contribution in [0.2, 0.25) is 0 Å². The van der Waals surface area contributed by atoms with Gasteiger partial charge in [-0.25, -0.2) is 13.1 Å². The molecule has 0 aliphatic rings. The number of carbonyl (C=O) groups excluding carboxylic acids is 1. The van der Waals surface area contributed by atoms with Gasteiger partial charge in [0.2, 0.25) is 10.0 Å². The Morgan fingerprint density at radius 2 is 1.78 bits per heavy atom. The van der Waals surface area contributed by atoms with E-state index in [1.807, 2.05) is 18.2 Å². The maximum Gasteiger partial charge on any atom is 0.308 e. The smallest absolute Gasteiger partial charge is 0.308 e. The molecule has 0 saturated carbocycles. The average Bonchev–Trinajstić information content (AvgIpc) is 2.66. The molecule has 2 rings (SSSR count). The van der Waals surface area contributed by atoms with Gasteiger partial charge in [-0.05, 0) is 23.8 Å². The summed E-state index contributed by atoms with van der Waals surface area (Å²) in [7, 11) is -2.31. The number of aliphatic carboxylic acids is 1. The summed E-state index contributed by atoms with van der Waals surface area (Å²) < 4.78 is 27.5. The van der Waals surface area contributed by atoms with Gasteiger partial charge in [-0.3, -0.25) is 9.59 Å². The first kappa shape index (κ1) is 20.6. The van der Waals surface area contributed by atoms with Crippen LogP contribution in [0.15, 0.2) is 59.5 Å². The van der Waals surface area contributed by atoms with Crippen molar-refractivity contribution in [3.8, 4) is 0 Å². The second-order valence-corrected chi connectivity index (χ2v) is 8.03. The molecule has 144 valence electrons. The van der Waals surface area contributed by atoms with Gasteiger partial charge in [-0.2, -0.15) is 0 Å². The molecule has 2 aromatic rings. The molecule has 0 bridgehead atoms. The lowest BCUT2D eigenvalue weighted by Crippen LogP contribution is -2.33. The Balaban J connectivity index is 2.13. The largest absolute Gasteiger partial charge is 0.481 e. The van der Waals surface area contributed by atoms with Crippen molar-refractivity contribution in [1.82, 2.24) is 9.62 Å². The minimum Gasteiger partial charge on any atom is -0.481 e. The predicted octanol–water partition coefficient (Wildman–Crippen LogP) is 1.96. The van der Waals surface area contributed by atoms with Gasteiger partial charge in [-0.15, -0.1) is 0 Å². The molecule has 0 heterocycles. The Labute approximate surface area is 158 Å². The van der Waals surface area contributed by atoms with Gasteiger partial charge in [-0.1, -0.05) is 43.3 Å². The SMILES string of the molecule is CC(CN(C)C(=O)c1cccc(S(=O)(=O)NCc2ccccc2)c1)C(=O)O. The summed E-state index contributed by atoms with van der Waals surface area (Å²) in [6, 6.07) is 14.8. The Hall–Kier alpha value is -2.71. The van der Waals surface area contributed by atoms with E-state index < -0.39 is 27.8 Å². The highest BCUT2D eigenvalue weighted by Crippen LogP contribution is 2.14. The van der Waals surface area contributed by atoms with Crippen molar-refractivity contribution >= 4 is 21.9 Å². The minimum absolute atomic E-state index is 0.0241. The Morgan fingerprint density at radius 3 is 2.41 bits per heavy atom. The molecule has 1 atom stereocenters. The van der Waals surface area contributed by atoms with Gasteiger partial charge in [0.05, 0.1) is 10.8 Å². The molecule has 27 heavy (non-hydrogen) atoms. The number of hydrogen-bond donors (Lipinski definition) is 2. The van der Waals surface area contributed by atoms with E-state index in [9.17, 15) is 18.0 Å². The average molecular weight is 390 g/mol. The summed E-state index contributed by atoms with van der Waals surface area (Å²) in [6.45, 7) is 1.66. The van der Waals surface area contributed by atoms with Crippen molar-refractivity contribution < 1.29 is 23.1 Å². The molecule has 8 heteroatoms. The third-order valence-electron chi connectivity index (χ3n) is 4.02. The highest BCUT2D eigenvalue weighted by molar-refractivity contribution is 7.89. The molecule has 7 nitrogen and oxygen atoms in total. The summed E-state index contributed by atoms with van der Waals surface area (Å²) in [5, 5.41) is 8.96. The van der Waals surface area contributed by atoms with Crippen molar-refractivity contribution in [3.63, 3.8) is 0 Å². The van der Waals surface area contributed by atoms with Crippen LogP contribution in [-0.4, -0.2) is 43.9 Å². The molecular weight excluding hydrogens is 368 g/mol. The fourth-order valence-corrected chi connectivity index (χ4v) is 3.51. The molecular formula is C19H22N2O5S. The number of carbonyl (C=O) groups is 2. The number of hydrogen-bond acceptors (Lipinski definition) is 4. The fraction of sp³-hybridized carbons (Fsp3) is 0.263. The van der Waals surface area contributed by atoms with E-state index in [4.69, 9.17) is 5.11 Å². The molecule has 0 aliphatic carbocycles. The van der Waals surface area contributed by atoms with Crippen molar-refractivity contribution in [2.45, 2.75) is 18.4 Å². The lowest BCUT2D eigenvalue weighted by atomic mass is 10.1. The number of carboxylic acid groups (broad SMARTS) is 1. The highest BCUT2D eigenvalue weighted by Gasteiger charge is 2.21. The first-order valence-electron chi connectivity index (χ1n) is 8.32. The standard InChI is InChI=1S/C19H22N2O5S/c1-14(19(23)24)13-21(2)18(22)16-9-6-10-17(11-16)27(25,26)20-12-15-7-4-3-5-8-15/h3-11,14,20H,12-13H2,1-2H3,(H,23,24). The highest BCUT2D eigenvalue weighted by atomic mass is 32.2. The predicted molar refractivity (Wildman–Crippen MR) is 101 cm³/mol. The van der Waals surface area contributed by atoms with Gasteiger partial charge < -0.3 is 10.0 Å². The Kier molecular flexibility index (Phi) is 6.70. The van der Waals surface area contributed by atoms with Crippen LogP contribution in [0.5, 0.6) is 0 Å². The molecule has 2 N–H and O–H groups in total. The second-order valence-electron chi connectivity index (χ2n) is 6.26. The van der Waals surface area contributed by atoms with E-state index in [0.29, 0.717) is 0 Å². The van der Waals surface area contributed by atoms with Crippen molar-refractivity contribution in [3.05, 3.63) is 65.7 Å². The molecule has 0 aromatic heterocycles. The normalized spacial score (nSPS) is 12.4. The van der Waals surface area contributed by atoms with Crippen LogP contribution in [0, 0.1) is 5.92 Å². The van der Waals surface area contributed by atoms with Crippen molar-refractivity contribution in [1.29, 1.82) is 0 Å². The van der Waals surface area contributed by atoms with Crippen LogP contribution in [-0.2, 0) is 21.4 Å². The summed E-state index contributed by atoms with van der Waals surface area (Å²) in [5.74, 6) is -2.17. The molecule has 0 spiro atoms. The first-order valence-corrected chi connectivity index (χ1v) is 9.81. The maximum absolute atomic E-state index is 12.5. The number of sulfonamides is 1. The van der Waals surface area contributed by atoms with E-state index in [1.54, 1.807) is 12.1 Å². The summed E-state index contributed by atoms with van der Waals surface area (Å²) in [5.41, 5.74) is 0.994. The number of rotatable bonds is 8. The van der Waals surface area contributed by atoms with E-state index in [0.717, 1.165) is 5.56 Å². The summed E-state index contributed by atoms with van der Waals surface area (Å²) >= 11 is 0. The quantitative estimate of drug-likeness (QED) is 0.717. The Bertz CT molecular complexity index is 913. The Morgan fingerprint density at radius 1 is 1.11 bits per heavy atom. The minimum atomic E-state index is -3.79. The molecule has 0 radical (unpaired) electrons. The second kappa shape index (κ2) is 8.79.